The lowest BCUT2D eigenvalue weighted by Gasteiger charge is -2.12. The Morgan fingerprint density at radius 2 is 1.74 bits per heavy atom. The molecule has 1 aromatic carbocycles. The van der Waals surface area contributed by atoms with Crippen LogP contribution in [0.15, 0.2) is 53.7 Å². The van der Waals surface area contributed by atoms with Crippen LogP contribution in [0, 0.1) is 5.82 Å². The van der Waals surface area contributed by atoms with Crippen molar-refractivity contribution in [3.63, 3.8) is 0 Å². The summed E-state index contributed by atoms with van der Waals surface area (Å²) in [5, 5.41) is 6.41. The molecule has 0 radical (unpaired) electrons. The monoisotopic (exact) mass is 428 g/mol. The van der Waals surface area contributed by atoms with E-state index >= 15 is 0 Å². The van der Waals surface area contributed by atoms with Crippen molar-refractivity contribution in [1.82, 2.24) is 15.6 Å². The van der Waals surface area contributed by atoms with Crippen molar-refractivity contribution >= 4 is 29.9 Å². The molecule has 0 bridgehead atoms. The lowest BCUT2D eigenvalue weighted by Crippen LogP contribution is -2.39. The Bertz CT molecular complexity index is 605. The molecule has 124 valence electrons. The van der Waals surface area contributed by atoms with Gasteiger partial charge in [0.05, 0.1) is 0 Å². The SMILES string of the molecule is CN=C(NCCc1ccccn1)NCCc1ccccc1F.I. The van der Waals surface area contributed by atoms with E-state index in [9.17, 15) is 4.39 Å². The Morgan fingerprint density at radius 3 is 2.39 bits per heavy atom. The summed E-state index contributed by atoms with van der Waals surface area (Å²) in [6, 6.07) is 12.7. The molecule has 2 aromatic rings. The first-order valence-electron chi connectivity index (χ1n) is 7.37. The molecule has 0 aliphatic heterocycles. The highest BCUT2D eigenvalue weighted by Gasteiger charge is 2.02. The van der Waals surface area contributed by atoms with Crippen LogP contribution in [-0.2, 0) is 12.8 Å². The number of hydrogen-bond acceptors (Lipinski definition) is 2. The highest BCUT2D eigenvalue weighted by atomic mass is 127. The number of halogens is 2. The van der Waals surface area contributed by atoms with E-state index in [0.29, 0.717) is 24.5 Å². The standard InChI is InChI=1S/C17H21FN4.HI/c1-19-17(22-13-10-15-7-4-5-11-20-15)21-12-9-14-6-2-3-8-16(14)18;/h2-8,11H,9-10,12-13H2,1H3,(H2,19,21,22);1H. The molecule has 0 aliphatic carbocycles. The predicted molar refractivity (Wildman–Crippen MR) is 103 cm³/mol. The lowest BCUT2D eigenvalue weighted by molar-refractivity contribution is 0.606. The minimum Gasteiger partial charge on any atom is -0.356 e. The zero-order valence-electron chi connectivity index (χ0n) is 13.1. The number of rotatable bonds is 6. The third kappa shape index (κ3) is 6.94. The molecule has 4 nitrogen and oxygen atoms in total. The predicted octanol–water partition coefficient (Wildman–Crippen LogP) is 2.79. The highest BCUT2D eigenvalue weighted by Crippen LogP contribution is 2.06. The molecule has 0 unspecified atom stereocenters. The van der Waals surface area contributed by atoms with Gasteiger partial charge in [0, 0.05) is 38.4 Å². The van der Waals surface area contributed by atoms with Crippen LogP contribution in [0.4, 0.5) is 4.39 Å². The smallest absolute Gasteiger partial charge is 0.190 e. The molecule has 0 saturated carbocycles. The molecule has 23 heavy (non-hydrogen) atoms. The van der Waals surface area contributed by atoms with Gasteiger partial charge in [0.2, 0.25) is 0 Å². The summed E-state index contributed by atoms with van der Waals surface area (Å²) in [4.78, 5) is 8.42. The molecule has 0 fully saturated rings. The van der Waals surface area contributed by atoms with E-state index in [4.69, 9.17) is 0 Å². The van der Waals surface area contributed by atoms with Crippen LogP contribution >= 0.6 is 24.0 Å². The molecule has 2 N–H and O–H groups in total. The van der Waals surface area contributed by atoms with E-state index < -0.39 is 0 Å². The summed E-state index contributed by atoms with van der Waals surface area (Å²) < 4.78 is 13.5. The maximum Gasteiger partial charge on any atom is 0.190 e. The van der Waals surface area contributed by atoms with Crippen molar-refractivity contribution in [2.45, 2.75) is 12.8 Å². The summed E-state index contributed by atoms with van der Waals surface area (Å²) in [5.74, 6) is 0.551. The van der Waals surface area contributed by atoms with Gasteiger partial charge in [-0.15, -0.1) is 24.0 Å². The zero-order valence-corrected chi connectivity index (χ0v) is 15.5. The number of nitrogens with zero attached hydrogens (tertiary/aromatic N) is 2. The maximum absolute atomic E-state index is 13.5. The van der Waals surface area contributed by atoms with E-state index in [-0.39, 0.29) is 29.8 Å². The van der Waals surface area contributed by atoms with Gasteiger partial charge in [-0.1, -0.05) is 24.3 Å². The first kappa shape index (κ1) is 19.3. The van der Waals surface area contributed by atoms with E-state index in [1.54, 1.807) is 25.4 Å². The fraction of sp³-hybridized carbons (Fsp3) is 0.294. The fourth-order valence-corrected chi connectivity index (χ4v) is 2.09. The van der Waals surface area contributed by atoms with Gasteiger partial charge < -0.3 is 10.6 Å². The van der Waals surface area contributed by atoms with Gasteiger partial charge in [-0.3, -0.25) is 9.98 Å². The van der Waals surface area contributed by atoms with Crippen molar-refractivity contribution in [2.75, 3.05) is 20.1 Å². The normalized spacial score (nSPS) is 10.8. The number of guanidine groups is 1. The molecule has 0 spiro atoms. The van der Waals surface area contributed by atoms with Crippen LogP contribution < -0.4 is 10.6 Å². The average molecular weight is 428 g/mol. The van der Waals surface area contributed by atoms with Crippen molar-refractivity contribution in [3.8, 4) is 0 Å². The van der Waals surface area contributed by atoms with Crippen LogP contribution in [0.1, 0.15) is 11.3 Å². The zero-order chi connectivity index (χ0) is 15.6. The Morgan fingerprint density at radius 1 is 1.04 bits per heavy atom. The van der Waals surface area contributed by atoms with E-state index in [0.717, 1.165) is 18.7 Å². The molecule has 6 heteroatoms. The number of nitrogens with one attached hydrogen (secondary N) is 2. The van der Waals surface area contributed by atoms with Crippen molar-refractivity contribution in [1.29, 1.82) is 0 Å². The number of pyridine rings is 1. The van der Waals surface area contributed by atoms with E-state index in [2.05, 4.69) is 20.6 Å². The van der Waals surface area contributed by atoms with E-state index in [1.165, 1.54) is 6.07 Å². The summed E-state index contributed by atoms with van der Waals surface area (Å²) >= 11 is 0. The number of aliphatic imine (C=N–C) groups is 1. The highest BCUT2D eigenvalue weighted by molar-refractivity contribution is 14.0. The number of hydrogen-bond donors (Lipinski definition) is 2. The molecular formula is C17H22FIN4. The Labute approximate surface area is 153 Å². The molecular weight excluding hydrogens is 406 g/mol. The van der Waals surface area contributed by atoms with Gasteiger partial charge in [-0.25, -0.2) is 4.39 Å². The van der Waals surface area contributed by atoms with Gasteiger partial charge in [-0.05, 0) is 30.2 Å². The van der Waals surface area contributed by atoms with Gasteiger partial charge in [0.25, 0.3) is 0 Å². The van der Waals surface area contributed by atoms with Gasteiger partial charge in [-0.2, -0.15) is 0 Å². The van der Waals surface area contributed by atoms with Crippen molar-refractivity contribution < 1.29 is 4.39 Å². The molecule has 0 atom stereocenters. The second-order valence-electron chi connectivity index (χ2n) is 4.84. The van der Waals surface area contributed by atoms with Gasteiger partial charge in [0.15, 0.2) is 5.96 Å². The summed E-state index contributed by atoms with van der Waals surface area (Å²) in [5.41, 5.74) is 1.75. The number of benzene rings is 1. The lowest BCUT2D eigenvalue weighted by atomic mass is 10.1. The Hall–Kier alpha value is -1.70. The van der Waals surface area contributed by atoms with Crippen LogP contribution in [0.3, 0.4) is 0 Å². The molecule has 1 aromatic heterocycles. The van der Waals surface area contributed by atoms with Gasteiger partial charge >= 0.3 is 0 Å². The fourth-order valence-electron chi connectivity index (χ4n) is 2.09. The Kier molecular flexibility index (Phi) is 9.20. The minimum absolute atomic E-state index is 0. The maximum atomic E-state index is 13.5. The first-order valence-corrected chi connectivity index (χ1v) is 7.37. The van der Waals surface area contributed by atoms with Gasteiger partial charge in [0.1, 0.15) is 5.82 Å². The van der Waals surface area contributed by atoms with E-state index in [1.807, 2.05) is 24.3 Å². The molecule has 1 heterocycles. The average Bonchev–Trinajstić information content (AvgIpc) is 2.56. The first-order chi connectivity index (χ1) is 10.8. The quantitative estimate of drug-likeness (QED) is 0.423. The minimum atomic E-state index is -0.164. The topological polar surface area (TPSA) is 49.3 Å². The molecule has 0 amide bonds. The molecule has 2 rings (SSSR count). The molecule has 0 aliphatic rings. The third-order valence-electron chi connectivity index (χ3n) is 3.27. The Balaban J connectivity index is 0.00000264. The summed E-state index contributed by atoms with van der Waals surface area (Å²) in [6.45, 7) is 1.38. The van der Waals surface area contributed by atoms with Crippen molar-refractivity contribution in [2.24, 2.45) is 4.99 Å². The van der Waals surface area contributed by atoms with Crippen LogP contribution in [-0.4, -0.2) is 31.1 Å². The largest absolute Gasteiger partial charge is 0.356 e. The summed E-state index contributed by atoms with van der Waals surface area (Å²) in [6.07, 6.45) is 3.24. The summed E-state index contributed by atoms with van der Waals surface area (Å²) in [7, 11) is 1.72. The second-order valence-corrected chi connectivity index (χ2v) is 4.84. The van der Waals surface area contributed by atoms with Crippen LogP contribution in [0.25, 0.3) is 0 Å². The van der Waals surface area contributed by atoms with Crippen molar-refractivity contribution in [3.05, 3.63) is 65.7 Å². The molecule has 0 saturated heterocycles. The number of aromatic nitrogens is 1. The second kappa shape index (κ2) is 10.9. The third-order valence-corrected chi connectivity index (χ3v) is 3.27. The van der Waals surface area contributed by atoms with Crippen LogP contribution in [0.5, 0.6) is 0 Å². The van der Waals surface area contributed by atoms with Crippen LogP contribution in [0.2, 0.25) is 0 Å².